The molecule has 3 heteroatoms. The predicted octanol–water partition coefficient (Wildman–Crippen LogP) is 1.55. The van der Waals surface area contributed by atoms with Crippen LogP contribution in [0.25, 0.3) is 0 Å². The highest BCUT2D eigenvalue weighted by Crippen LogP contribution is 2.27. The van der Waals surface area contributed by atoms with E-state index in [0.717, 1.165) is 6.04 Å². The molecule has 0 aromatic rings. The maximum atomic E-state index is 3.48. The fraction of sp³-hybridized carbons (Fsp3) is 1.00. The van der Waals surface area contributed by atoms with Gasteiger partial charge in [0.2, 0.25) is 0 Å². The number of hydrogen-bond acceptors (Lipinski definition) is 3. The fourth-order valence-electron chi connectivity index (χ4n) is 2.68. The van der Waals surface area contributed by atoms with Crippen molar-refractivity contribution in [2.24, 2.45) is 0 Å². The van der Waals surface area contributed by atoms with Crippen molar-refractivity contribution in [1.82, 2.24) is 15.1 Å². The second-order valence-electron chi connectivity index (χ2n) is 5.57. The Bertz CT molecular complexity index is 196. The van der Waals surface area contributed by atoms with Crippen LogP contribution in [0.4, 0.5) is 0 Å². The molecule has 3 nitrogen and oxygen atoms in total. The molecular weight excluding hydrogens is 210 g/mol. The van der Waals surface area contributed by atoms with Gasteiger partial charge in [0.1, 0.15) is 0 Å². The second kappa shape index (κ2) is 7.34. The summed E-state index contributed by atoms with van der Waals surface area (Å²) in [7, 11) is 0. The molecule has 100 valence electrons. The van der Waals surface area contributed by atoms with E-state index in [-0.39, 0.29) is 0 Å². The van der Waals surface area contributed by atoms with Gasteiger partial charge in [-0.25, -0.2) is 0 Å². The van der Waals surface area contributed by atoms with Crippen LogP contribution >= 0.6 is 0 Å². The molecule has 0 spiro atoms. The molecule has 0 atom stereocenters. The smallest absolute Gasteiger partial charge is 0.0113 e. The van der Waals surface area contributed by atoms with E-state index in [2.05, 4.69) is 22.0 Å². The number of hydrogen-bond donors (Lipinski definition) is 1. The summed E-state index contributed by atoms with van der Waals surface area (Å²) in [6.07, 6.45) is 6.87. The first-order chi connectivity index (χ1) is 8.40. The third kappa shape index (κ3) is 4.94. The first-order valence-electron chi connectivity index (χ1n) is 7.57. The van der Waals surface area contributed by atoms with Gasteiger partial charge in [-0.1, -0.05) is 6.92 Å². The van der Waals surface area contributed by atoms with Crippen molar-refractivity contribution in [2.45, 2.75) is 45.1 Å². The molecule has 0 aromatic heterocycles. The monoisotopic (exact) mass is 239 g/mol. The lowest BCUT2D eigenvalue weighted by Crippen LogP contribution is -2.47. The van der Waals surface area contributed by atoms with Crippen molar-refractivity contribution in [3.63, 3.8) is 0 Å². The summed E-state index contributed by atoms with van der Waals surface area (Å²) in [4.78, 5) is 5.35. The Kier molecular flexibility index (Phi) is 5.75. The molecule has 1 heterocycles. The lowest BCUT2D eigenvalue weighted by molar-refractivity contribution is 0.125. The maximum Gasteiger partial charge on any atom is 0.0113 e. The largest absolute Gasteiger partial charge is 0.317 e. The topological polar surface area (TPSA) is 18.5 Å². The summed E-state index contributed by atoms with van der Waals surface area (Å²) in [5.41, 5.74) is 0. The molecule has 1 aliphatic heterocycles. The molecule has 2 fully saturated rings. The van der Waals surface area contributed by atoms with Gasteiger partial charge in [0.25, 0.3) is 0 Å². The Morgan fingerprint density at radius 3 is 2.41 bits per heavy atom. The minimum atomic E-state index is 0.968. The van der Waals surface area contributed by atoms with Crippen molar-refractivity contribution < 1.29 is 0 Å². The quantitative estimate of drug-likeness (QED) is 0.648. The molecule has 0 bridgehead atoms. The molecular formula is C14H29N3. The normalized spacial score (nSPS) is 23.1. The average molecular weight is 239 g/mol. The Labute approximate surface area is 107 Å². The third-order valence-electron chi connectivity index (χ3n) is 3.97. The van der Waals surface area contributed by atoms with Crippen LogP contribution in [0.1, 0.15) is 39.0 Å². The van der Waals surface area contributed by atoms with Crippen LogP contribution in [-0.2, 0) is 0 Å². The minimum absolute atomic E-state index is 0.968. The van der Waals surface area contributed by atoms with Gasteiger partial charge in [-0.05, 0) is 51.7 Å². The second-order valence-corrected chi connectivity index (χ2v) is 5.57. The van der Waals surface area contributed by atoms with E-state index in [1.54, 1.807) is 0 Å². The van der Waals surface area contributed by atoms with Crippen LogP contribution in [0.15, 0.2) is 0 Å². The first-order valence-corrected chi connectivity index (χ1v) is 7.57. The van der Waals surface area contributed by atoms with E-state index < -0.39 is 0 Å². The Balaban J connectivity index is 1.44. The molecule has 1 saturated carbocycles. The van der Waals surface area contributed by atoms with Crippen LogP contribution in [-0.4, -0.2) is 61.7 Å². The summed E-state index contributed by atoms with van der Waals surface area (Å²) in [6.45, 7) is 11.2. The van der Waals surface area contributed by atoms with E-state index in [1.807, 2.05) is 0 Å². The standard InChI is InChI=1S/C14H29N3/c1-2-7-15-8-3-4-9-16-10-12-17(13-11-16)14-5-6-14/h14-15H,2-13H2,1H3. The lowest BCUT2D eigenvalue weighted by atomic mass is 10.2. The highest BCUT2D eigenvalue weighted by molar-refractivity contribution is 4.87. The predicted molar refractivity (Wildman–Crippen MR) is 73.4 cm³/mol. The third-order valence-corrected chi connectivity index (χ3v) is 3.97. The molecule has 17 heavy (non-hydrogen) atoms. The number of nitrogens with one attached hydrogen (secondary N) is 1. The molecule has 0 amide bonds. The molecule has 2 rings (SSSR count). The molecule has 2 aliphatic rings. The van der Waals surface area contributed by atoms with E-state index in [4.69, 9.17) is 0 Å². The summed E-state index contributed by atoms with van der Waals surface area (Å²) < 4.78 is 0. The van der Waals surface area contributed by atoms with Gasteiger partial charge in [0.05, 0.1) is 0 Å². The van der Waals surface area contributed by atoms with E-state index in [1.165, 1.54) is 77.9 Å². The van der Waals surface area contributed by atoms with Crippen LogP contribution in [0, 0.1) is 0 Å². The van der Waals surface area contributed by atoms with Crippen LogP contribution in [0.5, 0.6) is 0 Å². The fourth-order valence-corrected chi connectivity index (χ4v) is 2.68. The minimum Gasteiger partial charge on any atom is -0.317 e. The highest BCUT2D eigenvalue weighted by atomic mass is 15.3. The summed E-state index contributed by atoms with van der Waals surface area (Å²) >= 11 is 0. The number of nitrogens with zero attached hydrogens (tertiary/aromatic N) is 2. The van der Waals surface area contributed by atoms with Crippen molar-refractivity contribution >= 4 is 0 Å². The molecule has 0 radical (unpaired) electrons. The van der Waals surface area contributed by atoms with Crippen molar-refractivity contribution in [2.75, 3.05) is 45.8 Å². The van der Waals surface area contributed by atoms with Gasteiger partial charge >= 0.3 is 0 Å². The van der Waals surface area contributed by atoms with Crippen LogP contribution in [0.2, 0.25) is 0 Å². The maximum absolute atomic E-state index is 3.48. The summed E-state index contributed by atoms with van der Waals surface area (Å²) in [5, 5.41) is 3.48. The zero-order valence-corrected chi connectivity index (χ0v) is 11.5. The first kappa shape index (κ1) is 13.3. The van der Waals surface area contributed by atoms with Crippen molar-refractivity contribution in [3.05, 3.63) is 0 Å². The van der Waals surface area contributed by atoms with Gasteiger partial charge in [0, 0.05) is 32.2 Å². The van der Waals surface area contributed by atoms with E-state index >= 15 is 0 Å². The Morgan fingerprint density at radius 2 is 1.76 bits per heavy atom. The Morgan fingerprint density at radius 1 is 1.00 bits per heavy atom. The van der Waals surface area contributed by atoms with Gasteiger partial charge in [-0.2, -0.15) is 0 Å². The molecule has 0 aromatic carbocycles. The molecule has 1 N–H and O–H groups in total. The van der Waals surface area contributed by atoms with E-state index in [0.29, 0.717) is 0 Å². The van der Waals surface area contributed by atoms with Gasteiger partial charge in [-0.3, -0.25) is 4.90 Å². The van der Waals surface area contributed by atoms with Gasteiger partial charge in [-0.15, -0.1) is 0 Å². The van der Waals surface area contributed by atoms with E-state index in [9.17, 15) is 0 Å². The zero-order chi connectivity index (χ0) is 11.9. The van der Waals surface area contributed by atoms with Gasteiger partial charge < -0.3 is 10.2 Å². The van der Waals surface area contributed by atoms with Crippen molar-refractivity contribution in [3.8, 4) is 0 Å². The van der Waals surface area contributed by atoms with Crippen LogP contribution < -0.4 is 5.32 Å². The summed E-state index contributed by atoms with van der Waals surface area (Å²) in [5.74, 6) is 0. The van der Waals surface area contributed by atoms with Gasteiger partial charge in [0.15, 0.2) is 0 Å². The number of piperazine rings is 1. The average Bonchev–Trinajstić information content (AvgIpc) is 3.19. The molecule has 1 saturated heterocycles. The lowest BCUT2D eigenvalue weighted by Gasteiger charge is -2.34. The zero-order valence-electron chi connectivity index (χ0n) is 11.5. The molecule has 1 aliphatic carbocycles. The number of rotatable bonds is 8. The van der Waals surface area contributed by atoms with Crippen molar-refractivity contribution in [1.29, 1.82) is 0 Å². The highest BCUT2D eigenvalue weighted by Gasteiger charge is 2.30. The summed E-state index contributed by atoms with van der Waals surface area (Å²) in [6, 6.07) is 0.968. The van der Waals surface area contributed by atoms with Crippen LogP contribution in [0.3, 0.4) is 0 Å². The molecule has 0 unspecified atom stereocenters. The number of unbranched alkanes of at least 4 members (excludes halogenated alkanes) is 1. The SMILES string of the molecule is CCCNCCCCN1CCN(C2CC2)CC1. The Hall–Kier alpha value is -0.120.